The third kappa shape index (κ3) is 4.05. The Labute approximate surface area is 206 Å². The third-order valence-electron chi connectivity index (χ3n) is 8.07. The normalized spacial score (nSPS) is 26.9. The van der Waals surface area contributed by atoms with Crippen molar-refractivity contribution in [1.82, 2.24) is 34.6 Å². The zero-order valence-corrected chi connectivity index (χ0v) is 20.7. The number of carbonyl (C=O) groups is 1. The molecule has 2 saturated carbocycles. The van der Waals surface area contributed by atoms with Crippen LogP contribution in [0.15, 0.2) is 37.1 Å². The van der Waals surface area contributed by atoms with E-state index in [1.807, 2.05) is 29.1 Å². The largest absolute Gasteiger partial charge is 0.334 e. The number of carbonyl (C=O) groups excluding carboxylic acids is 1. The highest BCUT2D eigenvalue weighted by molar-refractivity contribution is 5.95. The number of amides is 1. The number of nitrogens with zero attached hydrogens (tertiary/aromatic N) is 7. The molecule has 3 fully saturated rings. The Hall–Kier alpha value is -3.07. The monoisotopic (exact) mass is 474 g/mol. The number of imidazole rings is 1. The van der Waals surface area contributed by atoms with Crippen molar-refractivity contribution in [2.75, 3.05) is 11.6 Å². The lowest BCUT2D eigenvalue weighted by atomic mass is 9.72. The Morgan fingerprint density at radius 1 is 1.17 bits per heavy atom. The molecule has 1 aliphatic heterocycles. The van der Waals surface area contributed by atoms with Crippen molar-refractivity contribution in [1.29, 1.82) is 0 Å². The fourth-order valence-corrected chi connectivity index (χ4v) is 5.87. The molecule has 1 saturated heterocycles. The van der Waals surface area contributed by atoms with E-state index in [0.29, 0.717) is 36.2 Å². The van der Waals surface area contributed by atoms with Crippen molar-refractivity contribution in [3.8, 4) is 11.5 Å². The second kappa shape index (κ2) is 8.86. The van der Waals surface area contributed by atoms with Crippen molar-refractivity contribution >= 4 is 11.7 Å². The van der Waals surface area contributed by atoms with Crippen molar-refractivity contribution in [2.45, 2.75) is 76.9 Å². The summed E-state index contributed by atoms with van der Waals surface area (Å²) in [6.45, 7) is 6.92. The Morgan fingerprint density at radius 3 is 2.80 bits per heavy atom. The van der Waals surface area contributed by atoms with Crippen LogP contribution in [-0.4, -0.2) is 47.9 Å². The third-order valence-corrected chi connectivity index (χ3v) is 8.07. The zero-order chi connectivity index (χ0) is 24.1. The van der Waals surface area contributed by atoms with Crippen LogP contribution in [-0.2, 0) is 4.79 Å². The van der Waals surface area contributed by atoms with Crippen LogP contribution in [0.3, 0.4) is 0 Å². The number of pyridine rings is 1. The first-order chi connectivity index (χ1) is 17.0. The molecule has 2 aliphatic carbocycles. The quantitative estimate of drug-likeness (QED) is 0.582. The van der Waals surface area contributed by atoms with E-state index >= 15 is 0 Å². The van der Waals surface area contributed by atoms with E-state index in [1.165, 1.54) is 18.5 Å². The van der Waals surface area contributed by atoms with Crippen molar-refractivity contribution < 1.29 is 4.79 Å². The van der Waals surface area contributed by atoms with Crippen molar-refractivity contribution in [3.63, 3.8) is 0 Å². The van der Waals surface area contributed by atoms with Crippen LogP contribution in [0.25, 0.3) is 11.5 Å². The van der Waals surface area contributed by atoms with Gasteiger partial charge in [-0.2, -0.15) is 0 Å². The van der Waals surface area contributed by atoms with Crippen LogP contribution < -0.4 is 10.2 Å². The van der Waals surface area contributed by atoms with E-state index in [-0.39, 0.29) is 23.9 Å². The van der Waals surface area contributed by atoms with Gasteiger partial charge in [-0.05, 0) is 57.6 Å². The summed E-state index contributed by atoms with van der Waals surface area (Å²) < 4.78 is 4.29. The highest BCUT2D eigenvalue weighted by atomic mass is 16.2. The number of anilines is 1. The zero-order valence-electron chi connectivity index (χ0n) is 20.7. The molecule has 4 unspecified atom stereocenters. The molecule has 9 heteroatoms. The summed E-state index contributed by atoms with van der Waals surface area (Å²) in [5.41, 5.74) is 1.94. The maximum absolute atomic E-state index is 13.8. The average molecular weight is 475 g/mol. The number of aromatic nitrogens is 6. The van der Waals surface area contributed by atoms with Gasteiger partial charge in [0.15, 0.2) is 5.82 Å². The lowest BCUT2D eigenvalue weighted by Crippen LogP contribution is -2.60. The van der Waals surface area contributed by atoms with Crippen LogP contribution in [0.1, 0.15) is 76.6 Å². The van der Waals surface area contributed by atoms with E-state index in [0.717, 1.165) is 25.0 Å². The van der Waals surface area contributed by atoms with Gasteiger partial charge in [0.2, 0.25) is 5.91 Å². The van der Waals surface area contributed by atoms with Crippen LogP contribution in [0.5, 0.6) is 0 Å². The Morgan fingerprint density at radius 2 is 2.03 bits per heavy atom. The molecular formula is C26H34N8O. The minimum Gasteiger partial charge on any atom is -0.334 e. The van der Waals surface area contributed by atoms with Gasteiger partial charge in [-0.1, -0.05) is 19.4 Å². The van der Waals surface area contributed by atoms with Gasteiger partial charge >= 0.3 is 0 Å². The van der Waals surface area contributed by atoms with E-state index in [2.05, 4.69) is 47.0 Å². The van der Waals surface area contributed by atoms with E-state index in [1.54, 1.807) is 11.2 Å². The summed E-state index contributed by atoms with van der Waals surface area (Å²) in [6, 6.07) is 6.51. The summed E-state index contributed by atoms with van der Waals surface area (Å²) in [5.74, 6) is 2.63. The van der Waals surface area contributed by atoms with Crippen LogP contribution in [0.2, 0.25) is 0 Å². The summed E-state index contributed by atoms with van der Waals surface area (Å²) in [7, 11) is 0. The highest BCUT2D eigenvalue weighted by Gasteiger charge is 2.45. The van der Waals surface area contributed by atoms with E-state index in [9.17, 15) is 4.79 Å². The van der Waals surface area contributed by atoms with E-state index < -0.39 is 0 Å². The summed E-state index contributed by atoms with van der Waals surface area (Å²) in [5, 5.41) is 12.0. The first kappa shape index (κ1) is 22.4. The number of hydrogen-bond donors (Lipinski definition) is 1. The smallest absolute Gasteiger partial charge is 0.234 e. The molecule has 0 bridgehead atoms. The van der Waals surface area contributed by atoms with Gasteiger partial charge in [-0.3, -0.25) is 15.0 Å². The minimum absolute atomic E-state index is 0.0758. The van der Waals surface area contributed by atoms with Gasteiger partial charge in [0.1, 0.15) is 17.8 Å². The van der Waals surface area contributed by atoms with Gasteiger partial charge < -0.3 is 9.13 Å². The maximum atomic E-state index is 13.8. The van der Waals surface area contributed by atoms with Crippen LogP contribution in [0, 0.1) is 11.8 Å². The molecule has 0 aromatic carbocycles. The summed E-state index contributed by atoms with van der Waals surface area (Å²) >= 11 is 0. The second-order valence-electron chi connectivity index (χ2n) is 10.6. The molecule has 4 heterocycles. The fraction of sp³-hybridized carbons (Fsp3) is 0.577. The maximum Gasteiger partial charge on any atom is 0.234 e. The van der Waals surface area contributed by atoms with Crippen molar-refractivity contribution in [3.05, 3.63) is 42.7 Å². The lowest BCUT2D eigenvalue weighted by Gasteiger charge is -2.46. The molecule has 0 radical (unpaired) electrons. The molecule has 3 aliphatic rings. The van der Waals surface area contributed by atoms with Crippen LogP contribution in [0.4, 0.5) is 5.82 Å². The minimum atomic E-state index is -0.0758. The Kier molecular flexibility index (Phi) is 5.67. The van der Waals surface area contributed by atoms with Gasteiger partial charge in [-0.25, -0.2) is 9.97 Å². The predicted molar refractivity (Wildman–Crippen MR) is 133 cm³/mol. The van der Waals surface area contributed by atoms with Crippen molar-refractivity contribution in [2.24, 2.45) is 11.8 Å². The molecular weight excluding hydrogens is 440 g/mol. The molecule has 3 aromatic heterocycles. The molecule has 1 amide bonds. The molecule has 1 N–H and O–H groups in total. The number of hydrogen-bond acceptors (Lipinski definition) is 6. The number of nitrogens with one attached hydrogen (secondary N) is 1. The summed E-state index contributed by atoms with van der Waals surface area (Å²) in [4.78, 5) is 25.1. The molecule has 35 heavy (non-hydrogen) atoms. The molecule has 0 spiro atoms. The summed E-state index contributed by atoms with van der Waals surface area (Å²) in [6.07, 6.45) is 11.4. The van der Waals surface area contributed by atoms with Gasteiger partial charge in [0.05, 0.1) is 24.6 Å². The molecule has 6 rings (SSSR count). The fourth-order valence-electron chi connectivity index (χ4n) is 5.87. The second-order valence-corrected chi connectivity index (χ2v) is 10.6. The Bertz CT molecular complexity index is 1210. The van der Waals surface area contributed by atoms with Gasteiger partial charge in [0.25, 0.3) is 0 Å². The molecule has 184 valence electrons. The predicted octanol–water partition coefficient (Wildman–Crippen LogP) is 3.93. The average Bonchev–Trinajstić information content (AvgIpc) is 3.39. The van der Waals surface area contributed by atoms with E-state index in [4.69, 9.17) is 9.97 Å². The highest BCUT2D eigenvalue weighted by Crippen LogP contribution is 2.44. The number of rotatable bonds is 6. The molecule has 3 aromatic rings. The lowest BCUT2D eigenvalue weighted by molar-refractivity contribution is -0.127. The van der Waals surface area contributed by atoms with Gasteiger partial charge in [0, 0.05) is 30.2 Å². The molecule has 4 atom stereocenters. The SMILES string of the molecule is CCC1CC2NCN(c3cccc(-c4nncn4C(C)C)n3)C(=O)C2CC1n1cnc(C2CC2)c1. The van der Waals surface area contributed by atoms with Gasteiger partial charge in [-0.15, -0.1) is 10.2 Å². The first-order valence-electron chi connectivity index (χ1n) is 13.0. The van der Waals surface area contributed by atoms with Crippen LogP contribution >= 0.6 is 0 Å². The molecule has 9 nitrogen and oxygen atoms in total. The Balaban J connectivity index is 1.25. The first-order valence-corrected chi connectivity index (χ1v) is 13.0. The number of fused-ring (bicyclic) bond motifs is 1. The topological polar surface area (TPSA) is 93.8 Å². The standard InChI is InChI=1S/C26H34N8O/c1-4-17-10-21-19(11-23(17)32-12-22(27-13-32)18-8-9-18)26(35)34(14-28-21)24-7-5-6-20(30-24)25-31-29-15-33(25)16(2)3/h5-7,12-13,15-19,21,23,28H,4,8-11,14H2,1-3H3.